The molecule has 3 nitrogen and oxygen atoms in total. The van der Waals surface area contributed by atoms with Crippen LogP contribution >= 0.6 is 0 Å². The molecule has 1 aromatic heterocycles. The molecule has 0 aliphatic rings. The smallest absolute Gasteiger partial charge is 0.114 e. The van der Waals surface area contributed by atoms with E-state index in [0.717, 1.165) is 17.8 Å². The van der Waals surface area contributed by atoms with Crippen LogP contribution in [0.3, 0.4) is 0 Å². The Bertz CT molecular complexity index is 540. The molecule has 1 unspecified atom stereocenters. The molecule has 2 aromatic rings. The lowest BCUT2D eigenvalue weighted by molar-refractivity contribution is 0.480. The van der Waals surface area contributed by atoms with E-state index in [1.807, 2.05) is 0 Å². The maximum atomic E-state index is 5.92. The number of imidazole rings is 1. The maximum absolute atomic E-state index is 5.92. The van der Waals surface area contributed by atoms with Crippen LogP contribution in [-0.4, -0.2) is 16.1 Å². The number of hydrogen-bond acceptors (Lipinski definition) is 2. The first-order valence-electron chi connectivity index (χ1n) is 6.66. The van der Waals surface area contributed by atoms with Crippen LogP contribution in [-0.2, 0) is 7.05 Å². The van der Waals surface area contributed by atoms with E-state index in [1.54, 1.807) is 0 Å². The number of benzene rings is 1. The fourth-order valence-electron chi connectivity index (χ4n) is 2.57. The monoisotopic (exact) mass is 245 g/mol. The predicted molar refractivity (Wildman–Crippen MR) is 76.7 cm³/mol. The second kappa shape index (κ2) is 5.11. The van der Waals surface area contributed by atoms with Gasteiger partial charge in [0.2, 0.25) is 0 Å². The molecule has 0 aliphatic heterocycles. The minimum Gasteiger partial charge on any atom is -0.331 e. The van der Waals surface area contributed by atoms with Crippen LogP contribution in [0.5, 0.6) is 0 Å². The van der Waals surface area contributed by atoms with Gasteiger partial charge in [-0.2, -0.15) is 0 Å². The van der Waals surface area contributed by atoms with Gasteiger partial charge in [0.1, 0.15) is 5.82 Å². The summed E-state index contributed by atoms with van der Waals surface area (Å²) in [5.74, 6) is 2.11. The van der Waals surface area contributed by atoms with Gasteiger partial charge in [0.05, 0.1) is 11.0 Å². The van der Waals surface area contributed by atoms with Crippen molar-refractivity contribution in [2.24, 2.45) is 18.7 Å². The van der Waals surface area contributed by atoms with Crippen LogP contribution in [0, 0.1) is 12.8 Å². The molecule has 0 saturated carbocycles. The zero-order valence-corrected chi connectivity index (χ0v) is 11.8. The van der Waals surface area contributed by atoms with Crippen LogP contribution < -0.4 is 5.73 Å². The topological polar surface area (TPSA) is 43.8 Å². The summed E-state index contributed by atoms with van der Waals surface area (Å²) in [4.78, 5) is 4.78. The Morgan fingerprint density at radius 1 is 1.33 bits per heavy atom. The van der Waals surface area contributed by atoms with Gasteiger partial charge in [0.15, 0.2) is 0 Å². The number of nitrogens with two attached hydrogens (primary N) is 1. The number of aryl methyl sites for hydroxylation is 2. The van der Waals surface area contributed by atoms with Gasteiger partial charge in [-0.15, -0.1) is 0 Å². The third-order valence-corrected chi connectivity index (χ3v) is 3.48. The lowest BCUT2D eigenvalue weighted by Crippen LogP contribution is -2.18. The molecule has 18 heavy (non-hydrogen) atoms. The molecular weight excluding hydrogens is 222 g/mol. The Morgan fingerprint density at radius 2 is 2.06 bits per heavy atom. The molecule has 1 heterocycles. The summed E-state index contributed by atoms with van der Waals surface area (Å²) >= 11 is 0. The molecule has 0 aliphatic carbocycles. The number of fused-ring (bicyclic) bond motifs is 1. The van der Waals surface area contributed by atoms with Gasteiger partial charge in [-0.3, -0.25) is 0 Å². The summed E-state index contributed by atoms with van der Waals surface area (Å²) in [6, 6.07) is 6.42. The Labute approximate surface area is 109 Å². The maximum Gasteiger partial charge on any atom is 0.114 e. The summed E-state index contributed by atoms with van der Waals surface area (Å²) in [5, 5.41) is 0. The van der Waals surface area contributed by atoms with Crippen molar-refractivity contribution in [2.45, 2.75) is 33.1 Å². The van der Waals surface area contributed by atoms with Crippen molar-refractivity contribution in [3.8, 4) is 0 Å². The highest BCUT2D eigenvalue weighted by atomic mass is 15.1. The standard InChI is InChI=1S/C15H23N3/c1-10(2)7-12(9-16)15-17-13-8-11(3)5-6-14(13)18(15)4/h5-6,8,10,12H,7,9,16H2,1-4H3. The SMILES string of the molecule is Cc1ccc2c(c1)nc(C(CN)CC(C)C)n2C. The summed E-state index contributed by atoms with van der Waals surface area (Å²) in [6.45, 7) is 7.22. The van der Waals surface area contributed by atoms with Crippen molar-refractivity contribution in [1.29, 1.82) is 0 Å². The molecule has 3 heteroatoms. The van der Waals surface area contributed by atoms with E-state index >= 15 is 0 Å². The highest BCUT2D eigenvalue weighted by Crippen LogP contribution is 2.25. The molecule has 0 saturated heterocycles. The van der Waals surface area contributed by atoms with Crippen LogP contribution in [0.15, 0.2) is 18.2 Å². The van der Waals surface area contributed by atoms with Gasteiger partial charge >= 0.3 is 0 Å². The van der Waals surface area contributed by atoms with E-state index in [4.69, 9.17) is 10.7 Å². The van der Waals surface area contributed by atoms with E-state index in [2.05, 4.69) is 50.6 Å². The van der Waals surface area contributed by atoms with E-state index < -0.39 is 0 Å². The second-order valence-electron chi connectivity index (χ2n) is 5.58. The molecule has 0 bridgehead atoms. The van der Waals surface area contributed by atoms with Gasteiger partial charge in [-0.25, -0.2) is 4.98 Å². The van der Waals surface area contributed by atoms with Crippen molar-refractivity contribution in [3.05, 3.63) is 29.6 Å². The van der Waals surface area contributed by atoms with Crippen molar-refractivity contribution < 1.29 is 0 Å². The van der Waals surface area contributed by atoms with Crippen molar-refractivity contribution in [1.82, 2.24) is 9.55 Å². The average Bonchev–Trinajstić information content (AvgIpc) is 2.63. The molecular formula is C15H23N3. The molecule has 2 N–H and O–H groups in total. The summed E-state index contributed by atoms with van der Waals surface area (Å²) < 4.78 is 2.19. The first-order valence-corrected chi connectivity index (χ1v) is 6.66. The molecule has 0 spiro atoms. The quantitative estimate of drug-likeness (QED) is 0.900. The second-order valence-corrected chi connectivity index (χ2v) is 5.58. The summed E-state index contributed by atoms with van der Waals surface area (Å²) in [6.07, 6.45) is 1.09. The zero-order valence-electron chi connectivity index (χ0n) is 11.8. The Balaban J connectivity index is 2.46. The van der Waals surface area contributed by atoms with Crippen LogP contribution in [0.2, 0.25) is 0 Å². The summed E-state index contributed by atoms with van der Waals surface area (Å²) in [5.41, 5.74) is 9.44. The molecule has 98 valence electrons. The first-order chi connectivity index (χ1) is 8.52. The Kier molecular flexibility index (Phi) is 3.71. The summed E-state index contributed by atoms with van der Waals surface area (Å²) in [7, 11) is 2.09. The minimum absolute atomic E-state index is 0.350. The molecule has 1 atom stereocenters. The third kappa shape index (κ3) is 2.41. The van der Waals surface area contributed by atoms with Gasteiger partial charge < -0.3 is 10.3 Å². The predicted octanol–water partition coefficient (Wildman–Crippen LogP) is 2.97. The van der Waals surface area contributed by atoms with E-state index in [-0.39, 0.29) is 0 Å². The number of aromatic nitrogens is 2. The van der Waals surface area contributed by atoms with Crippen LogP contribution in [0.1, 0.15) is 37.6 Å². The van der Waals surface area contributed by atoms with Crippen LogP contribution in [0.4, 0.5) is 0 Å². The van der Waals surface area contributed by atoms with Crippen molar-refractivity contribution in [3.63, 3.8) is 0 Å². The average molecular weight is 245 g/mol. The zero-order chi connectivity index (χ0) is 13.3. The molecule has 1 aromatic carbocycles. The molecule has 0 amide bonds. The third-order valence-electron chi connectivity index (χ3n) is 3.48. The normalized spacial score (nSPS) is 13.4. The van der Waals surface area contributed by atoms with E-state index in [9.17, 15) is 0 Å². The number of nitrogens with zero attached hydrogens (tertiary/aromatic N) is 2. The largest absolute Gasteiger partial charge is 0.331 e. The van der Waals surface area contributed by atoms with Gasteiger partial charge in [-0.05, 0) is 37.0 Å². The van der Waals surface area contributed by atoms with Crippen molar-refractivity contribution in [2.75, 3.05) is 6.54 Å². The lowest BCUT2D eigenvalue weighted by Gasteiger charge is -2.16. The van der Waals surface area contributed by atoms with Crippen molar-refractivity contribution >= 4 is 11.0 Å². The molecule has 0 radical (unpaired) electrons. The highest BCUT2D eigenvalue weighted by Gasteiger charge is 2.18. The van der Waals surface area contributed by atoms with Gasteiger partial charge in [0, 0.05) is 19.5 Å². The van der Waals surface area contributed by atoms with E-state index in [0.29, 0.717) is 18.4 Å². The number of hydrogen-bond donors (Lipinski definition) is 1. The molecule has 0 fully saturated rings. The van der Waals surface area contributed by atoms with Gasteiger partial charge in [-0.1, -0.05) is 19.9 Å². The Hall–Kier alpha value is -1.35. The van der Waals surface area contributed by atoms with Crippen LogP contribution in [0.25, 0.3) is 11.0 Å². The van der Waals surface area contributed by atoms with Gasteiger partial charge in [0.25, 0.3) is 0 Å². The lowest BCUT2D eigenvalue weighted by atomic mass is 9.96. The highest BCUT2D eigenvalue weighted by molar-refractivity contribution is 5.76. The van der Waals surface area contributed by atoms with E-state index in [1.165, 1.54) is 11.1 Å². The molecule has 2 rings (SSSR count). The Morgan fingerprint density at radius 3 is 2.67 bits per heavy atom. The fourth-order valence-corrected chi connectivity index (χ4v) is 2.57. The number of rotatable bonds is 4. The first kappa shape index (κ1) is 13.1. The fraction of sp³-hybridized carbons (Fsp3) is 0.533. The minimum atomic E-state index is 0.350.